The third-order valence-electron chi connectivity index (χ3n) is 8.33. The summed E-state index contributed by atoms with van der Waals surface area (Å²) < 4.78 is 38.2. The molecule has 1 aromatic heterocycles. The first-order chi connectivity index (χ1) is 21.9. The molecule has 240 valence electrons. The highest BCUT2D eigenvalue weighted by molar-refractivity contribution is 6.02. The lowest BCUT2D eigenvalue weighted by atomic mass is 9.76. The summed E-state index contributed by atoms with van der Waals surface area (Å²) >= 11 is 0. The molecular weight excluding hydrogens is 592 g/mol. The highest BCUT2D eigenvalue weighted by atomic mass is 19.3. The number of halogens is 2. The maximum atomic E-state index is 14.0. The fourth-order valence-electron chi connectivity index (χ4n) is 5.91. The number of urea groups is 1. The molecule has 0 aliphatic carbocycles. The summed E-state index contributed by atoms with van der Waals surface area (Å²) in [7, 11) is 0. The maximum absolute atomic E-state index is 14.0. The molecule has 2 aliphatic heterocycles. The standard InChI is InChI=1S/C35H37F2N5O4/c1-21-8-11-26(12-9-21)42-30(20-29(41-42)34(2,3)4)40-33(44)39-25-7-5-6-23(18-25)31(22-14-16-38-17-15-22)32(43)24-10-13-27-28(19-24)46-35(36,37)45-27/h5-13,18-20,22,31,38H,14-17H2,1-4H3,(H2,39,40,44). The van der Waals surface area contributed by atoms with Crippen LogP contribution < -0.4 is 25.4 Å². The first kappa shape index (κ1) is 31.2. The van der Waals surface area contributed by atoms with Crippen molar-refractivity contribution in [2.24, 2.45) is 5.92 Å². The van der Waals surface area contributed by atoms with Gasteiger partial charge in [-0.3, -0.25) is 10.1 Å². The van der Waals surface area contributed by atoms with Crippen molar-refractivity contribution in [1.82, 2.24) is 15.1 Å². The van der Waals surface area contributed by atoms with E-state index in [0.717, 1.165) is 48.4 Å². The number of piperidine rings is 1. The van der Waals surface area contributed by atoms with Crippen molar-refractivity contribution in [3.05, 3.63) is 95.2 Å². The Kier molecular flexibility index (Phi) is 8.28. The van der Waals surface area contributed by atoms with E-state index in [1.165, 1.54) is 18.2 Å². The molecule has 0 spiro atoms. The highest BCUT2D eigenvalue weighted by Gasteiger charge is 2.44. The van der Waals surface area contributed by atoms with Gasteiger partial charge in [-0.1, -0.05) is 50.6 Å². The summed E-state index contributed by atoms with van der Waals surface area (Å²) in [4.78, 5) is 27.4. The van der Waals surface area contributed by atoms with E-state index in [1.807, 2.05) is 43.3 Å². The Balaban J connectivity index is 1.25. The Morgan fingerprint density at radius 2 is 1.67 bits per heavy atom. The Bertz CT molecular complexity index is 1760. The minimum atomic E-state index is -3.77. The second-order valence-corrected chi connectivity index (χ2v) is 12.9. The van der Waals surface area contributed by atoms with Gasteiger partial charge in [0.1, 0.15) is 5.82 Å². The number of anilines is 2. The molecule has 0 radical (unpaired) electrons. The molecule has 2 aliphatic rings. The monoisotopic (exact) mass is 629 g/mol. The number of Topliss-reactive ketones (excluding diaryl/α,β-unsaturated/α-hetero) is 1. The topological polar surface area (TPSA) is 107 Å². The van der Waals surface area contributed by atoms with Gasteiger partial charge in [0.25, 0.3) is 0 Å². The van der Waals surface area contributed by atoms with Crippen LogP contribution in [0.15, 0.2) is 72.8 Å². The highest BCUT2D eigenvalue weighted by Crippen LogP contribution is 2.43. The molecule has 1 fully saturated rings. The number of rotatable bonds is 7. The second-order valence-electron chi connectivity index (χ2n) is 12.9. The smallest absolute Gasteiger partial charge is 0.395 e. The van der Waals surface area contributed by atoms with Crippen LogP contribution in [0.1, 0.15) is 66.7 Å². The van der Waals surface area contributed by atoms with E-state index in [1.54, 1.807) is 22.9 Å². The third-order valence-corrected chi connectivity index (χ3v) is 8.33. The number of hydrogen-bond acceptors (Lipinski definition) is 6. The SMILES string of the molecule is Cc1ccc(-n2nc(C(C)(C)C)cc2NC(=O)Nc2cccc(C(C(=O)c3ccc4c(c3)OC(F)(F)O4)C3CCNCC3)c2)cc1. The zero-order valence-corrected chi connectivity index (χ0v) is 26.2. The van der Waals surface area contributed by atoms with Crippen LogP contribution in [-0.4, -0.2) is 41.0 Å². The number of ketones is 1. The Hall–Kier alpha value is -4.77. The van der Waals surface area contributed by atoms with Crippen molar-refractivity contribution < 1.29 is 27.8 Å². The van der Waals surface area contributed by atoms with Gasteiger partial charge in [0.05, 0.1) is 17.3 Å². The first-order valence-electron chi connectivity index (χ1n) is 15.4. The number of nitrogens with one attached hydrogen (secondary N) is 3. The van der Waals surface area contributed by atoms with Crippen LogP contribution in [0.2, 0.25) is 0 Å². The van der Waals surface area contributed by atoms with Crippen molar-refractivity contribution in [3.8, 4) is 17.2 Å². The normalized spacial score (nSPS) is 16.6. The minimum absolute atomic E-state index is 0.00405. The number of aryl methyl sites for hydroxylation is 1. The molecule has 3 N–H and O–H groups in total. The Morgan fingerprint density at radius 3 is 2.39 bits per heavy atom. The number of nitrogens with zero attached hydrogens (tertiary/aromatic N) is 2. The van der Waals surface area contributed by atoms with Crippen LogP contribution in [0.25, 0.3) is 5.69 Å². The molecule has 1 atom stereocenters. The van der Waals surface area contributed by atoms with Gasteiger partial charge in [-0.25, -0.2) is 9.48 Å². The van der Waals surface area contributed by atoms with Crippen molar-refractivity contribution in [2.75, 3.05) is 23.7 Å². The molecule has 1 saturated heterocycles. The van der Waals surface area contributed by atoms with Gasteiger partial charge in [-0.2, -0.15) is 5.10 Å². The van der Waals surface area contributed by atoms with Crippen LogP contribution in [-0.2, 0) is 5.41 Å². The van der Waals surface area contributed by atoms with Gasteiger partial charge < -0.3 is 20.1 Å². The minimum Gasteiger partial charge on any atom is -0.395 e. The number of aromatic nitrogens is 2. The van der Waals surface area contributed by atoms with Gasteiger partial charge in [0.2, 0.25) is 0 Å². The molecule has 6 rings (SSSR count). The zero-order chi connectivity index (χ0) is 32.6. The fourth-order valence-corrected chi connectivity index (χ4v) is 5.91. The summed E-state index contributed by atoms with van der Waals surface area (Å²) in [6, 6.07) is 20.6. The van der Waals surface area contributed by atoms with Gasteiger partial charge >= 0.3 is 12.3 Å². The van der Waals surface area contributed by atoms with Crippen LogP contribution in [0.4, 0.5) is 25.1 Å². The maximum Gasteiger partial charge on any atom is 0.586 e. The lowest BCUT2D eigenvalue weighted by molar-refractivity contribution is -0.286. The fraction of sp³-hybridized carbons (Fsp3) is 0.343. The van der Waals surface area contributed by atoms with E-state index in [0.29, 0.717) is 11.5 Å². The predicted octanol–water partition coefficient (Wildman–Crippen LogP) is 7.41. The summed E-state index contributed by atoms with van der Waals surface area (Å²) in [5, 5.41) is 14.0. The number of carbonyl (C=O) groups excluding carboxylic acids is 2. The molecule has 46 heavy (non-hydrogen) atoms. The molecule has 0 bridgehead atoms. The molecule has 4 aromatic rings. The third kappa shape index (κ3) is 6.74. The van der Waals surface area contributed by atoms with E-state index >= 15 is 0 Å². The van der Waals surface area contributed by atoms with Crippen molar-refractivity contribution in [2.45, 2.75) is 58.2 Å². The molecule has 3 aromatic carbocycles. The van der Waals surface area contributed by atoms with Gasteiger partial charge in [0, 0.05) is 22.7 Å². The summed E-state index contributed by atoms with van der Waals surface area (Å²) in [5.41, 5.74) is 3.97. The molecular formula is C35H37F2N5O4. The Labute approximate surface area is 266 Å². The first-order valence-corrected chi connectivity index (χ1v) is 15.4. The average Bonchev–Trinajstić information content (AvgIpc) is 3.57. The van der Waals surface area contributed by atoms with Gasteiger partial charge in [-0.05, 0) is 86.8 Å². The van der Waals surface area contributed by atoms with Crippen LogP contribution in [0, 0.1) is 12.8 Å². The van der Waals surface area contributed by atoms with Crippen molar-refractivity contribution in [1.29, 1.82) is 0 Å². The van der Waals surface area contributed by atoms with Crippen LogP contribution in [0.3, 0.4) is 0 Å². The molecule has 1 unspecified atom stereocenters. The van der Waals surface area contributed by atoms with Crippen LogP contribution >= 0.6 is 0 Å². The quantitative estimate of drug-likeness (QED) is 0.184. The van der Waals surface area contributed by atoms with E-state index < -0.39 is 18.2 Å². The van der Waals surface area contributed by atoms with Crippen molar-refractivity contribution in [3.63, 3.8) is 0 Å². The van der Waals surface area contributed by atoms with E-state index in [9.17, 15) is 18.4 Å². The van der Waals surface area contributed by atoms with Crippen molar-refractivity contribution >= 4 is 23.3 Å². The lowest BCUT2D eigenvalue weighted by Gasteiger charge is -2.30. The number of amides is 2. The van der Waals surface area contributed by atoms with Gasteiger partial charge in [-0.15, -0.1) is 8.78 Å². The average molecular weight is 630 g/mol. The summed E-state index contributed by atoms with van der Waals surface area (Å²) in [6.45, 7) is 9.70. The second kappa shape index (κ2) is 12.2. The molecule has 2 amide bonds. The summed E-state index contributed by atoms with van der Waals surface area (Å²) in [5.74, 6) is -0.554. The number of ether oxygens (including phenoxy) is 2. The number of benzene rings is 3. The molecule has 0 saturated carbocycles. The van der Waals surface area contributed by atoms with E-state index in [2.05, 4.69) is 46.2 Å². The largest absolute Gasteiger partial charge is 0.586 e. The van der Waals surface area contributed by atoms with Crippen LogP contribution in [0.5, 0.6) is 11.5 Å². The zero-order valence-electron chi connectivity index (χ0n) is 26.2. The molecule has 11 heteroatoms. The Morgan fingerprint density at radius 1 is 0.957 bits per heavy atom. The lowest BCUT2D eigenvalue weighted by Crippen LogP contribution is -2.33. The number of alkyl halides is 2. The van der Waals surface area contributed by atoms with E-state index in [-0.39, 0.29) is 34.2 Å². The number of fused-ring (bicyclic) bond motifs is 1. The predicted molar refractivity (Wildman–Crippen MR) is 171 cm³/mol. The number of carbonyl (C=O) groups is 2. The van der Waals surface area contributed by atoms with Gasteiger partial charge in [0.15, 0.2) is 17.3 Å². The molecule has 3 heterocycles. The molecule has 9 nitrogen and oxygen atoms in total. The summed E-state index contributed by atoms with van der Waals surface area (Å²) in [6.07, 6.45) is -2.25. The number of hydrogen-bond donors (Lipinski definition) is 3. The van der Waals surface area contributed by atoms with E-state index in [4.69, 9.17) is 5.10 Å².